The van der Waals surface area contributed by atoms with Crippen LogP contribution in [-0.2, 0) is 0 Å². The van der Waals surface area contributed by atoms with Gasteiger partial charge < -0.3 is 10.4 Å². The lowest BCUT2D eigenvalue weighted by Crippen LogP contribution is -2.48. The molecule has 2 rings (SSSR count). The van der Waals surface area contributed by atoms with Crippen LogP contribution < -0.4 is 5.32 Å². The summed E-state index contributed by atoms with van der Waals surface area (Å²) >= 11 is 7.06. The average Bonchev–Trinajstić information content (AvgIpc) is 2.39. The maximum atomic E-state index is 10.5. The zero-order valence-corrected chi connectivity index (χ0v) is 17.8. The van der Waals surface area contributed by atoms with Gasteiger partial charge in [-0.2, -0.15) is 0 Å². The van der Waals surface area contributed by atoms with Crippen LogP contribution in [0.15, 0.2) is 21.1 Å². The number of benzene rings is 1. The van der Waals surface area contributed by atoms with Crippen LogP contribution in [0.3, 0.4) is 0 Å². The fourth-order valence-corrected chi connectivity index (χ4v) is 3.80. The zero-order valence-electron chi connectivity index (χ0n) is 13.0. The van der Waals surface area contributed by atoms with Gasteiger partial charge in [0.25, 0.3) is 0 Å². The third kappa shape index (κ3) is 4.99. The molecule has 1 fully saturated rings. The lowest BCUT2D eigenvalue weighted by atomic mass is 9.80. The fraction of sp³-hybridized carbons (Fsp3) is 0.600. The van der Waals surface area contributed by atoms with E-state index in [-0.39, 0.29) is 36.3 Å². The summed E-state index contributed by atoms with van der Waals surface area (Å²) in [5, 5.41) is 13.9. The number of nitrogens with zero attached hydrogens (tertiary/aromatic N) is 1. The van der Waals surface area contributed by atoms with E-state index in [1.54, 1.807) is 0 Å². The Morgan fingerprint density at radius 2 is 1.59 bits per heavy atom. The Kier molecular flexibility index (Phi) is 9.29. The minimum absolute atomic E-state index is 0. The van der Waals surface area contributed by atoms with Crippen LogP contribution in [0.25, 0.3) is 0 Å². The predicted octanol–water partition coefficient (Wildman–Crippen LogP) is 4.75. The highest BCUT2D eigenvalue weighted by Crippen LogP contribution is 2.47. The number of phenols is 1. The molecule has 1 aromatic rings. The Morgan fingerprint density at radius 3 is 2.09 bits per heavy atom. The smallest absolute Gasteiger partial charge is 0.135 e. The van der Waals surface area contributed by atoms with E-state index in [0.717, 1.165) is 40.7 Å². The molecule has 1 atom stereocenters. The summed E-state index contributed by atoms with van der Waals surface area (Å²) in [5.41, 5.74) is 1.02. The van der Waals surface area contributed by atoms with Gasteiger partial charge in [0.2, 0.25) is 0 Å². The first-order valence-corrected chi connectivity index (χ1v) is 8.52. The van der Waals surface area contributed by atoms with Crippen LogP contribution in [0.4, 0.5) is 0 Å². The van der Waals surface area contributed by atoms with Crippen LogP contribution in [0, 0.1) is 5.41 Å². The van der Waals surface area contributed by atoms with Gasteiger partial charge in [-0.05, 0) is 33.5 Å². The molecule has 0 unspecified atom stereocenters. The summed E-state index contributed by atoms with van der Waals surface area (Å²) in [7, 11) is 0. The van der Waals surface area contributed by atoms with Gasteiger partial charge in [-0.1, -0.05) is 36.7 Å². The van der Waals surface area contributed by atoms with Gasteiger partial charge in [-0.15, -0.1) is 24.8 Å². The summed E-state index contributed by atoms with van der Waals surface area (Å²) in [6.07, 6.45) is 0. The number of phenolic OH excluding ortho intramolecular Hbond substituents is 1. The van der Waals surface area contributed by atoms with Crippen molar-refractivity contribution in [2.75, 3.05) is 26.2 Å². The molecule has 0 radical (unpaired) electrons. The maximum Gasteiger partial charge on any atom is 0.135 e. The lowest BCUT2D eigenvalue weighted by molar-refractivity contribution is 0.0836. The summed E-state index contributed by atoms with van der Waals surface area (Å²) in [6.45, 7) is 10.7. The number of hydrogen-bond acceptors (Lipinski definition) is 3. The van der Waals surface area contributed by atoms with Crippen LogP contribution >= 0.6 is 56.7 Å². The van der Waals surface area contributed by atoms with Crippen molar-refractivity contribution in [1.29, 1.82) is 0 Å². The molecule has 0 aliphatic carbocycles. The monoisotopic (exact) mass is 476 g/mol. The molecule has 2 N–H and O–H groups in total. The number of nitrogens with one attached hydrogen (secondary N) is 1. The van der Waals surface area contributed by atoms with Crippen molar-refractivity contribution < 1.29 is 5.11 Å². The van der Waals surface area contributed by atoms with Crippen molar-refractivity contribution in [2.45, 2.75) is 26.8 Å². The standard InChI is InChI=1S/C15H22Br2N2O.2ClH/c1-15(2,3)14(19-8-6-18-7-9-19)12-10(16)4-5-11(17)13(12)20;;/h4-5,14,18,20H,6-9H2,1-3H3;2*1H/t14-;;/m1../s1. The normalized spacial score (nSPS) is 17.3. The predicted molar refractivity (Wildman–Crippen MR) is 105 cm³/mol. The molecule has 0 amide bonds. The SMILES string of the molecule is CC(C)(C)[C@@H](c1c(Br)ccc(Br)c1O)N1CCNCC1.Cl.Cl. The van der Waals surface area contributed by atoms with Gasteiger partial charge in [-0.25, -0.2) is 0 Å². The largest absolute Gasteiger partial charge is 0.506 e. The van der Waals surface area contributed by atoms with E-state index < -0.39 is 0 Å². The second-order valence-electron chi connectivity index (χ2n) is 6.35. The van der Waals surface area contributed by atoms with E-state index in [4.69, 9.17) is 0 Å². The molecule has 0 spiro atoms. The van der Waals surface area contributed by atoms with Crippen molar-refractivity contribution in [3.8, 4) is 5.75 Å². The van der Waals surface area contributed by atoms with E-state index in [1.807, 2.05) is 12.1 Å². The van der Waals surface area contributed by atoms with Crippen molar-refractivity contribution in [2.24, 2.45) is 5.41 Å². The van der Waals surface area contributed by atoms with Crippen LogP contribution in [-0.4, -0.2) is 36.2 Å². The van der Waals surface area contributed by atoms with E-state index in [0.29, 0.717) is 5.75 Å². The minimum Gasteiger partial charge on any atom is -0.506 e. The first-order valence-electron chi connectivity index (χ1n) is 6.94. The average molecular weight is 479 g/mol. The van der Waals surface area contributed by atoms with E-state index in [1.165, 1.54) is 0 Å². The van der Waals surface area contributed by atoms with Gasteiger partial charge in [0.15, 0.2) is 0 Å². The van der Waals surface area contributed by atoms with Crippen molar-refractivity contribution in [3.05, 3.63) is 26.6 Å². The number of halogens is 4. The molecule has 0 aromatic heterocycles. The number of rotatable bonds is 2. The van der Waals surface area contributed by atoms with Crippen LogP contribution in [0.1, 0.15) is 32.4 Å². The molecular weight excluding hydrogens is 455 g/mol. The van der Waals surface area contributed by atoms with Gasteiger partial charge >= 0.3 is 0 Å². The first kappa shape index (κ1) is 22.5. The molecule has 1 saturated heterocycles. The third-order valence-electron chi connectivity index (χ3n) is 3.73. The molecule has 128 valence electrons. The Morgan fingerprint density at radius 1 is 1.09 bits per heavy atom. The first-order chi connectivity index (χ1) is 9.32. The molecule has 1 aromatic carbocycles. The van der Waals surface area contributed by atoms with Gasteiger partial charge in [0, 0.05) is 42.3 Å². The highest BCUT2D eigenvalue weighted by molar-refractivity contribution is 9.11. The quantitative estimate of drug-likeness (QED) is 0.643. The van der Waals surface area contributed by atoms with Gasteiger partial charge in [0.05, 0.1) is 4.47 Å². The topological polar surface area (TPSA) is 35.5 Å². The molecule has 22 heavy (non-hydrogen) atoms. The van der Waals surface area contributed by atoms with Gasteiger partial charge in [-0.3, -0.25) is 4.90 Å². The molecule has 0 saturated carbocycles. The number of aromatic hydroxyl groups is 1. The summed E-state index contributed by atoms with van der Waals surface area (Å²) in [4.78, 5) is 2.46. The molecule has 1 heterocycles. The number of hydrogen-bond donors (Lipinski definition) is 2. The van der Waals surface area contributed by atoms with Gasteiger partial charge in [0.1, 0.15) is 5.75 Å². The third-order valence-corrected chi connectivity index (χ3v) is 5.06. The second-order valence-corrected chi connectivity index (χ2v) is 8.05. The molecular formula is C15H24Br2Cl2N2O. The Balaban J connectivity index is 0.00000220. The lowest BCUT2D eigenvalue weighted by Gasteiger charge is -2.43. The van der Waals surface area contributed by atoms with E-state index >= 15 is 0 Å². The van der Waals surface area contributed by atoms with E-state index in [2.05, 4.69) is 62.8 Å². The fourth-order valence-electron chi connectivity index (χ4n) is 2.92. The van der Waals surface area contributed by atoms with Crippen molar-refractivity contribution >= 4 is 56.7 Å². The zero-order chi connectivity index (χ0) is 14.9. The van der Waals surface area contributed by atoms with Crippen molar-refractivity contribution in [1.82, 2.24) is 10.2 Å². The Labute approximate surface area is 162 Å². The Hall–Kier alpha value is 0.480. The van der Waals surface area contributed by atoms with Crippen molar-refractivity contribution in [3.63, 3.8) is 0 Å². The molecule has 7 heteroatoms. The summed E-state index contributed by atoms with van der Waals surface area (Å²) in [5.74, 6) is 0.345. The maximum absolute atomic E-state index is 10.5. The summed E-state index contributed by atoms with van der Waals surface area (Å²) < 4.78 is 1.72. The minimum atomic E-state index is 0. The summed E-state index contributed by atoms with van der Waals surface area (Å²) in [6, 6.07) is 4.05. The highest BCUT2D eigenvalue weighted by atomic mass is 79.9. The molecule has 1 aliphatic heterocycles. The molecule has 0 bridgehead atoms. The van der Waals surface area contributed by atoms with Crippen LogP contribution in [0.2, 0.25) is 0 Å². The second kappa shape index (κ2) is 9.09. The molecule has 3 nitrogen and oxygen atoms in total. The van der Waals surface area contributed by atoms with E-state index in [9.17, 15) is 5.11 Å². The molecule has 1 aliphatic rings. The highest BCUT2D eigenvalue weighted by Gasteiger charge is 2.36. The Bertz CT molecular complexity index is 489. The number of piperazine rings is 1. The van der Waals surface area contributed by atoms with Crippen LogP contribution in [0.5, 0.6) is 5.75 Å².